The second-order valence-electron chi connectivity index (χ2n) is 8.37. The average molecular weight is 293 g/mol. The second-order valence-corrected chi connectivity index (χ2v) is 8.37. The summed E-state index contributed by atoms with van der Waals surface area (Å²) in [7, 11) is 2.35. The minimum atomic E-state index is 0.271. The fourth-order valence-corrected chi connectivity index (χ4v) is 5.34. The normalized spacial score (nSPS) is 36.0. The van der Waals surface area contributed by atoms with E-state index in [0.717, 1.165) is 24.3 Å². The van der Waals surface area contributed by atoms with Gasteiger partial charge in [-0.1, -0.05) is 6.42 Å². The van der Waals surface area contributed by atoms with Crippen LogP contribution in [0.2, 0.25) is 0 Å². The quantitative estimate of drug-likeness (QED) is 0.845. The third kappa shape index (κ3) is 3.02. The molecule has 2 saturated carbocycles. The molecule has 1 aliphatic heterocycles. The maximum Gasteiger partial charge on any atom is 0.0353 e. The van der Waals surface area contributed by atoms with Crippen LogP contribution in [-0.4, -0.2) is 54.6 Å². The first-order valence-corrected chi connectivity index (χ1v) is 9.19. The van der Waals surface area contributed by atoms with Crippen molar-refractivity contribution in [2.45, 2.75) is 64.0 Å². The van der Waals surface area contributed by atoms with Crippen molar-refractivity contribution < 1.29 is 0 Å². The molecule has 0 spiro atoms. The monoisotopic (exact) mass is 293 g/mol. The lowest BCUT2D eigenvalue weighted by atomic mass is 9.82. The molecule has 21 heavy (non-hydrogen) atoms. The molecule has 3 nitrogen and oxygen atoms in total. The molecular weight excluding hydrogens is 258 g/mol. The number of fused-ring (bicyclic) bond motifs is 2. The highest BCUT2D eigenvalue weighted by Crippen LogP contribution is 2.49. The maximum absolute atomic E-state index is 6.25. The Bertz CT molecular complexity index is 346. The number of likely N-dealkylation sites (N-methyl/N-ethyl adjacent to an activating group) is 1. The summed E-state index contributed by atoms with van der Waals surface area (Å²) in [6.07, 6.45) is 8.53. The smallest absolute Gasteiger partial charge is 0.0353 e. The third-order valence-corrected chi connectivity index (χ3v) is 7.04. The zero-order valence-corrected chi connectivity index (χ0v) is 14.4. The molecule has 0 aromatic rings. The van der Waals surface area contributed by atoms with Crippen LogP contribution in [0.5, 0.6) is 0 Å². The van der Waals surface area contributed by atoms with Gasteiger partial charge in [0.1, 0.15) is 0 Å². The number of nitrogens with zero attached hydrogens (tertiary/aromatic N) is 2. The van der Waals surface area contributed by atoms with Gasteiger partial charge in [0.25, 0.3) is 0 Å². The van der Waals surface area contributed by atoms with Gasteiger partial charge in [-0.3, -0.25) is 4.90 Å². The molecular formula is C18H35N3. The van der Waals surface area contributed by atoms with Crippen LogP contribution >= 0.6 is 0 Å². The Balaban J connectivity index is 1.58. The van der Waals surface area contributed by atoms with Crippen LogP contribution < -0.4 is 5.73 Å². The van der Waals surface area contributed by atoms with Gasteiger partial charge in [-0.2, -0.15) is 0 Å². The highest BCUT2D eigenvalue weighted by Gasteiger charge is 2.43. The van der Waals surface area contributed by atoms with Gasteiger partial charge >= 0.3 is 0 Å². The summed E-state index contributed by atoms with van der Waals surface area (Å²) in [4.78, 5) is 5.27. The first kappa shape index (κ1) is 15.8. The van der Waals surface area contributed by atoms with Crippen molar-refractivity contribution in [3.8, 4) is 0 Å². The van der Waals surface area contributed by atoms with E-state index in [4.69, 9.17) is 5.73 Å². The minimum Gasteiger partial charge on any atom is -0.329 e. The molecule has 0 radical (unpaired) electrons. The van der Waals surface area contributed by atoms with E-state index in [-0.39, 0.29) is 5.54 Å². The van der Waals surface area contributed by atoms with Gasteiger partial charge in [0.2, 0.25) is 0 Å². The molecule has 3 fully saturated rings. The van der Waals surface area contributed by atoms with Crippen molar-refractivity contribution in [3.63, 3.8) is 0 Å². The van der Waals surface area contributed by atoms with E-state index in [9.17, 15) is 0 Å². The molecule has 2 aliphatic carbocycles. The summed E-state index contributed by atoms with van der Waals surface area (Å²) in [5.74, 6) is 3.05. The largest absolute Gasteiger partial charge is 0.329 e. The van der Waals surface area contributed by atoms with Gasteiger partial charge in [-0.25, -0.2) is 0 Å². The fourth-order valence-electron chi connectivity index (χ4n) is 5.34. The zero-order chi connectivity index (χ0) is 15.0. The number of piperidine rings is 1. The first-order chi connectivity index (χ1) is 10.0. The lowest BCUT2D eigenvalue weighted by Gasteiger charge is -2.49. The van der Waals surface area contributed by atoms with E-state index >= 15 is 0 Å². The number of likely N-dealkylation sites (tertiary alicyclic amines) is 1. The molecule has 2 N–H and O–H groups in total. The SMILES string of the molecule is CC(C)N1CCC(CN)(N(C)CC2CC3CCC2C3)CC1. The summed E-state index contributed by atoms with van der Waals surface area (Å²) in [6.45, 7) is 9.19. The van der Waals surface area contributed by atoms with Gasteiger partial charge in [0, 0.05) is 37.8 Å². The Labute approximate surface area is 131 Å². The summed E-state index contributed by atoms with van der Waals surface area (Å²) >= 11 is 0. The van der Waals surface area contributed by atoms with Crippen molar-refractivity contribution >= 4 is 0 Å². The van der Waals surface area contributed by atoms with Crippen LogP contribution in [0.3, 0.4) is 0 Å². The van der Waals surface area contributed by atoms with Crippen LogP contribution in [-0.2, 0) is 0 Å². The Hall–Kier alpha value is -0.120. The van der Waals surface area contributed by atoms with Crippen molar-refractivity contribution in [1.82, 2.24) is 9.80 Å². The molecule has 0 amide bonds. The molecule has 3 aliphatic rings. The van der Waals surface area contributed by atoms with Gasteiger partial charge in [0.05, 0.1) is 0 Å². The minimum absolute atomic E-state index is 0.271. The molecule has 3 rings (SSSR count). The molecule has 3 heteroatoms. The average Bonchev–Trinajstić information content (AvgIpc) is 3.09. The third-order valence-electron chi connectivity index (χ3n) is 7.04. The molecule has 0 aromatic carbocycles. The first-order valence-electron chi connectivity index (χ1n) is 9.19. The van der Waals surface area contributed by atoms with Crippen LogP contribution in [0, 0.1) is 17.8 Å². The van der Waals surface area contributed by atoms with E-state index in [0.29, 0.717) is 6.04 Å². The van der Waals surface area contributed by atoms with Crippen LogP contribution in [0.4, 0.5) is 0 Å². The number of hydrogen-bond acceptors (Lipinski definition) is 3. The van der Waals surface area contributed by atoms with Crippen molar-refractivity contribution in [2.24, 2.45) is 23.5 Å². The molecule has 3 atom stereocenters. The van der Waals surface area contributed by atoms with Crippen LogP contribution in [0.25, 0.3) is 0 Å². The van der Waals surface area contributed by atoms with Crippen molar-refractivity contribution in [1.29, 1.82) is 0 Å². The molecule has 3 unspecified atom stereocenters. The Morgan fingerprint density at radius 3 is 2.38 bits per heavy atom. The second kappa shape index (κ2) is 6.17. The zero-order valence-electron chi connectivity index (χ0n) is 14.4. The fraction of sp³-hybridized carbons (Fsp3) is 1.00. The maximum atomic E-state index is 6.25. The van der Waals surface area contributed by atoms with Gasteiger partial charge in [-0.05, 0) is 70.8 Å². The highest BCUT2D eigenvalue weighted by atomic mass is 15.2. The number of hydrogen-bond donors (Lipinski definition) is 1. The predicted octanol–water partition coefficient (Wildman–Crippen LogP) is 2.56. The van der Waals surface area contributed by atoms with Gasteiger partial charge in [0.15, 0.2) is 0 Å². The summed E-state index contributed by atoms with van der Waals surface area (Å²) < 4.78 is 0. The highest BCUT2D eigenvalue weighted by molar-refractivity contribution is 4.98. The summed E-state index contributed by atoms with van der Waals surface area (Å²) in [6, 6.07) is 0.677. The number of nitrogens with two attached hydrogens (primary N) is 1. The lowest BCUT2D eigenvalue weighted by Crippen LogP contribution is -2.59. The van der Waals surface area contributed by atoms with Crippen molar-refractivity contribution in [2.75, 3.05) is 33.2 Å². The Kier molecular flexibility index (Phi) is 4.63. The lowest BCUT2D eigenvalue weighted by molar-refractivity contribution is 0.0203. The van der Waals surface area contributed by atoms with E-state index in [1.165, 1.54) is 58.2 Å². The number of rotatable bonds is 5. The topological polar surface area (TPSA) is 32.5 Å². The van der Waals surface area contributed by atoms with E-state index in [1.807, 2.05) is 0 Å². The Morgan fingerprint density at radius 1 is 1.19 bits per heavy atom. The molecule has 1 heterocycles. The van der Waals surface area contributed by atoms with Crippen LogP contribution in [0.15, 0.2) is 0 Å². The van der Waals surface area contributed by atoms with Crippen molar-refractivity contribution in [3.05, 3.63) is 0 Å². The molecule has 122 valence electrons. The standard InChI is InChI=1S/C18H35N3/c1-14(2)21-8-6-18(13-19,7-9-21)20(3)12-17-11-15-4-5-16(17)10-15/h14-17H,4-13,19H2,1-3H3. The molecule has 2 bridgehead atoms. The predicted molar refractivity (Wildman–Crippen MR) is 89.3 cm³/mol. The van der Waals surface area contributed by atoms with Gasteiger partial charge in [-0.15, -0.1) is 0 Å². The molecule has 0 aromatic heterocycles. The van der Waals surface area contributed by atoms with E-state index < -0.39 is 0 Å². The van der Waals surface area contributed by atoms with Gasteiger partial charge < -0.3 is 10.6 Å². The summed E-state index contributed by atoms with van der Waals surface area (Å²) in [5, 5.41) is 0. The van der Waals surface area contributed by atoms with Crippen LogP contribution in [0.1, 0.15) is 52.4 Å². The van der Waals surface area contributed by atoms with E-state index in [2.05, 4.69) is 30.7 Å². The molecule has 1 saturated heterocycles. The Morgan fingerprint density at radius 2 is 1.90 bits per heavy atom. The van der Waals surface area contributed by atoms with E-state index in [1.54, 1.807) is 0 Å². The summed E-state index contributed by atoms with van der Waals surface area (Å²) in [5.41, 5.74) is 6.52.